The molecule has 0 radical (unpaired) electrons. The van der Waals surface area contributed by atoms with Crippen LogP contribution in [0.5, 0.6) is 17.2 Å². The Morgan fingerprint density at radius 1 is 0.875 bits per heavy atom. The molecule has 3 aromatic rings. The van der Waals surface area contributed by atoms with E-state index in [1.54, 1.807) is 48.5 Å². The smallest absolute Gasteiger partial charge is 0.338 e. The molecular weight excluding hydrogens is 434 g/mol. The molecule has 3 aromatic carbocycles. The predicted octanol–water partition coefficient (Wildman–Crippen LogP) is 4.73. The van der Waals surface area contributed by atoms with Gasteiger partial charge in [-0.05, 0) is 48.0 Å². The molecule has 0 aliphatic carbocycles. The summed E-state index contributed by atoms with van der Waals surface area (Å²) < 4.78 is 21.4. The van der Waals surface area contributed by atoms with Gasteiger partial charge in [-0.3, -0.25) is 4.79 Å². The zero-order chi connectivity index (χ0) is 22.9. The lowest BCUT2D eigenvalue weighted by Gasteiger charge is -2.13. The monoisotopic (exact) mass is 455 g/mol. The molecule has 0 spiro atoms. The molecule has 0 fully saturated rings. The van der Waals surface area contributed by atoms with Crippen molar-refractivity contribution < 1.29 is 28.5 Å². The third-order valence-electron chi connectivity index (χ3n) is 4.40. The van der Waals surface area contributed by atoms with Crippen LogP contribution in [0.3, 0.4) is 0 Å². The van der Waals surface area contributed by atoms with Crippen molar-refractivity contribution in [3.05, 3.63) is 82.9 Å². The Morgan fingerprint density at radius 2 is 1.66 bits per heavy atom. The first-order chi connectivity index (χ1) is 15.5. The summed E-state index contributed by atoms with van der Waals surface area (Å²) in [5.41, 5.74) is 1.60. The van der Waals surface area contributed by atoms with E-state index in [-0.39, 0.29) is 24.7 Å². The summed E-state index contributed by atoms with van der Waals surface area (Å²) in [4.78, 5) is 24.6. The zero-order valence-electron chi connectivity index (χ0n) is 17.6. The largest absolute Gasteiger partial charge is 0.495 e. The van der Waals surface area contributed by atoms with Gasteiger partial charge in [-0.1, -0.05) is 35.9 Å². The number of hydrogen-bond acceptors (Lipinski definition) is 6. The van der Waals surface area contributed by atoms with E-state index < -0.39 is 5.97 Å². The van der Waals surface area contributed by atoms with Gasteiger partial charge < -0.3 is 24.3 Å². The SMILES string of the molecule is COc1ccccc1NC(=O)COc1ccc(C(=O)OCc2cccc(Cl)c2)cc1OC. The van der Waals surface area contributed by atoms with Gasteiger partial charge in [-0.25, -0.2) is 4.79 Å². The van der Waals surface area contributed by atoms with Crippen molar-refractivity contribution in [1.82, 2.24) is 0 Å². The Labute approximate surface area is 190 Å². The first-order valence-electron chi connectivity index (χ1n) is 9.65. The number of hydrogen-bond donors (Lipinski definition) is 1. The Balaban J connectivity index is 1.59. The van der Waals surface area contributed by atoms with Crippen LogP contribution < -0.4 is 19.5 Å². The summed E-state index contributed by atoms with van der Waals surface area (Å²) in [7, 11) is 2.96. The average Bonchev–Trinajstić information content (AvgIpc) is 2.81. The van der Waals surface area contributed by atoms with E-state index >= 15 is 0 Å². The number of ether oxygens (including phenoxy) is 4. The lowest BCUT2D eigenvalue weighted by Crippen LogP contribution is -2.20. The maximum absolute atomic E-state index is 12.4. The molecule has 0 aliphatic rings. The fourth-order valence-electron chi connectivity index (χ4n) is 2.85. The number of amides is 1. The number of rotatable bonds is 9. The van der Waals surface area contributed by atoms with Gasteiger partial charge in [-0.2, -0.15) is 0 Å². The second-order valence-electron chi connectivity index (χ2n) is 6.61. The molecule has 166 valence electrons. The van der Waals surface area contributed by atoms with Crippen molar-refractivity contribution in [2.75, 3.05) is 26.1 Å². The number of para-hydroxylation sites is 2. The van der Waals surface area contributed by atoms with E-state index in [1.807, 2.05) is 6.07 Å². The highest BCUT2D eigenvalue weighted by Gasteiger charge is 2.14. The molecule has 8 heteroatoms. The van der Waals surface area contributed by atoms with Crippen LogP contribution in [-0.2, 0) is 16.1 Å². The number of carbonyl (C=O) groups is 2. The number of nitrogens with one attached hydrogen (secondary N) is 1. The number of esters is 1. The summed E-state index contributed by atoms with van der Waals surface area (Å²) in [6, 6.07) is 18.7. The summed E-state index contributed by atoms with van der Waals surface area (Å²) in [5.74, 6) is 0.255. The van der Waals surface area contributed by atoms with Crippen molar-refractivity contribution in [3.63, 3.8) is 0 Å². The number of benzene rings is 3. The zero-order valence-corrected chi connectivity index (χ0v) is 18.3. The highest BCUT2D eigenvalue weighted by atomic mass is 35.5. The van der Waals surface area contributed by atoms with Crippen LogP contribution in [0.4, 0.5) is 5.69 Å². The lowest BCUT2D eigenvalue weighted by molar-refractivity contribution is -0.118. The Bertz CT molecular complexity index is 1100. The third kappa shape index (κ3) is 6.15. The first kappa shape index (κ1) is 23.0. The molecule has 7 nitrogen and oxygen atoms in total. The molecule has 0 atom stereocenters. The van der Waals surface area contributed by atoms with Crippen LogP contribution in [-0.4, -0.2) is 32.7 Å². The van der Waals surface area contributed by atoms with Gasteiger partial charge in [0.2, 0.25) is 0 Å². The quantitative estimate of drug-likeness (QED) is 0.469. The minimum absolute atomic E-state index is 0.0864. The van der Waals surface area contributed by atoms with Gasteiger partial charge in [0.25, 0.3) is 5.91 Å². The third-order valence-corrected chi connectivity index (χ3v) is 4.63. The van der Waals surface area contributed by atoms with E-state index in [9.17, 15) is 9.59 Å². The number of halogens is 1. The Hall–Kier alpha value is -3.71. The highest BCUT2D eigenvalue weighted by Crippen LogP contribution is 2.29. The minimum atomic E-state index is -0.524. The van der Waals surface area contributed by atoms with Gasteiger partial charge >= 0.3 is 5.97 Å². The average molecular weight is 456 g/mol. The van der Waals surface area contributed by atoms with Crippen molar-refractivity contribution >= 4 is 29.2 Å². The molecular formula is C24H22ClNO6. The molecule has 0 saturated heterocycles. The number of methoxy groups -OCH3 is 2. The molecule has 32 heavy (non-hydrogen) atoms. The fourth-order valence-corrected chi connectivity index (χ4v) is 3.06. The maximum atomic E-state index is 12.4. The summed E-state index contributed by atoms with van der Waals surface area (Å²) >= 11 is 5.94. The van der Waals surface area contributed by atoms with Crippen molar-refractivity contribution in [3.8, 4) is 17.2 Å². The molecule has 0 unspecified atom stereocenters. The van der Waals surface area contributed by atoms with Gasteiger partial charge in [0.15, 0.2) is 18.1 Å². The van der Waals surface area contributed by atoms with Crippen LogP contribution >= 0.6 is 11.6 Å². The Kier molecular flexibility index (Phi) is 7.94. The lowest BCUT2D eigenvalue weighted by atomic mass is 10.2. The Morgan fingerprint density at radius 3 is 2.41 bits per heavy atom. The van der Waals surface area contributed by atoms with Gasteiger partial charge in [0, 0.05) is 5.02 Å². The van der Waals surface area contributed by atoms with E-state index in [2.05, 4.69) is 5.32 Å². The van der Waals surface area contributed by atoms with Gasteiger partial charge in [0.05, 0.1) is 25.5 Å². The van der Waals surface area contributed by atoms with Crippen LogP contribution in [0, 0.1) is 0 Å². The summed E-state index contributed by atoms with van der Waals surface area (Å²) in [6.07, 6.45) is 0. The van der Waals surface area contributed by atoms with Gasteiger partial charge in [-0.15, -0.1) is 0 Å². The van der Waals surface area contributed by atoms with Crippen LogP contribution in [0.1, 0.15) is 15.9 Å². The van der Waals surface area contributed by atoms with Crippen molar-refractivity contribution in [1.29, 1.82) is 0 Å². The summed E-state index contributed by atoms with van der Waals surface area (Å²) in [6.45, 7) is -0.171. The molecule has 1 N–H and O–H groups in total. The van der Waals surface area contributed by atoms with Crippen molar-refractivity contribution in [2.24, 2.45) is 0 Å². The first-order valence-corrected chi connectivity index (χ1v) is 10.0. The maximum Gasteiger partial charge on any atom is 0.338 e. The van der Waals surface area contributed by atoms with Crippen molar-refractivity contribution in [2.45, 2.75) is 6.61 Å². The van der Waals surface area contributed by atoms with E-state index in [0.717, 1.165) is 5.56 Å². The normalized spacial score (nSPS) is 10.2. The molecule has 0 aromatic heterocycles. The molecule has 0 bridgehead atoms. The van der Waals surface area contributed by atoms with Gasteiger partial charge in [0.1, 0.15) is 12.4 Å². The summed E-state index contributed by atoms with van der Waals surface area (Å²) in [5, 5.41) is 3.29. The second-order valence-corrected chi connectivity index (χ2v) is 7.05. The minimum Gasteiger partial charge on any atom is -0.495 e. The number of anilines is 1. The second kappa shape index (κ2) is 11.1. The van der Waals surface area contributed by atoms with Crippen LogP contribution in [0.15, 0.2) is 66.7 Å². The van der Waals surface area contributed by atoms with E-state index in [0.29, 0.717) is 28.0 Å². The topological polar surface area (TPSA) is 83.1 Å². The molecule has 0 heterocycles. The number of carbonyl (C=O) groups excluding carboxylic acids is 2. The molecule has 3 rings (SSSR count). The van der Waals surface area contributed by atoms with E-state index in [1.165, 1.54) is 26.4 Å². The van der Waals surface area contributed by atoms with E-state index in [4.69, 9.17) is 30.5 Å². The van der Waals surface area contributed by atoms with Crippen LogP contribution in [0.25, 0.3) is 0 Å². The van der Waals surface area contributed by atoms with Crippen LogP contribution in [0.2, 0.25) is 5.02 Å². The molecule has 1 amide bonds. The predicted molar refractivity (Wildman–Crippen MR) is 121 cm³/mol. The molecule has 0 saturated carbocycles. The molecule has 0 aliphatic heterocycles. The standard InChI is InChI=1S/C24H22ClNO6/c1-29-20-9-4-3-8-19(20)26-23(27)15-31-21-11-10-17(13-22(21)30-2)24(28)32-14-16-6-5-7-18(25)12-16/h3-13H,14-15H2,1-2H3,(H,26,27). The fraction of sp³-hybridized carbons (Fsp3) is 0.167. The highest BCUT2D eigenvalue weighted by molar-refractivity contribution is 6.30.